The van der Waals surface area contributed by atoms with Crippen molar-refractivity contribution in [1.82, 2.24) is 15.5 Å². The topological polar surface area (TPSA) is 98.7 Å². The second-order valence-corrected chi connectivity index (χ2v) is 5.82. The molecular weight excluding hydrogens is 274 g/mol. The van der Waals surface area contributed by atoms with Crippen LogP contribution in [0.2, 0.25) is 0 Å². The Hall–Kier alpha value is -1.79. The molecule has 1 saturated heterocycles. The molecular formula is C14H23N3O4. The number of nitrogens with zero attached hydrogens (tertiary/aromatic N) is 1. The van der Waals surface area contributed by atoms with Crippen LogP contribution in [0.15, 0.2) is 0 Å². The van der Waals surface area contributed by atoms with Gasteiger partial charge in [0.15, 0.2) is 0 Å². The lowest BCUT2D eigenvalue weighted by Crippen LogP contribution is -2.58. The number of urea groups is 1. The normalized spacial score (nSPS) is 22.7. The third-order valence-electron chi connectivity index (χ3n) is 4.31. The van der Waals surface area contributed by atoms with E-state index in [-0.39, 0.29) is 18.4 Å². The number of carbonyl (C=O) groups is 3. The van der Waals surface area contributed by atoms with E-state index in [1.165, 1.54) is 4.90 Å². The molecule has 1 aliphatic heterocycles. The number of carboxylic acid groups (broad SMARTS) is 1. The molecule has 21 heavy (non-hydrogen) atoms. The summed E-state index contributed by atoms with van der Waals surface area (Å²) in [6, 6.07) is -0.379. The highest BCUT2D eigenvalue weighted by molar-refractivity contribution is 5.87. The molecule has 0 aromatic heterocycles. The Morgan fingerprint density at radius 3 is 2.43 bits per heavy atom. The quantitative estimate of drug-likeness (QED) is 0.653. The standard InChI is InChI=1S/C14H23N3O4/c18-11-5-9-17(10-8-15-11)13(21)16-14(12(19)20)6-3-1-2-4-7-14/h1-10H2,(H,15,18)(H,16,21)(H,19,20). The average molecular weight is 297 g/mol. The van der Waals surface area contributed by atoms with Crippen molar-refractivity contribution in [3.63, 3.8) is 0 Å². The highest BCUT2D eigenvalue weighted by Crippen LogP contribution is 2.27. The lowest BCUT2D eigenvalue weighted by molar-refractivity contribution is -0.145. The zero-order valence-corrected chi connectivity index (χ0v) is 12.2. The molecule has 0 radical (unpaired) electrons. The van der Waals surface area contributed by atoms with Crippen LogP contribution < -0.4 is 10.6 Å². The van der Waals surface area contributed by atoms with Gasteiger partial charge in [0, 0.05) is 26.1 Å². The number of hydrogen-bond donors (Lipinski definition) is 3. The molecule has 7 heteroatoms. The summed E-state index contributed by atoms with van der Waals surface area (Å²) in [5, 5.41) is 15.0. The maximum absolute atomic E-state index is 12.4. The van der Waals surface area contributed by atoms with Gasteiger partial charge in [-0.25, -0.2) is 9.59 Å². The smallest absolute Gasteiger partial charge is 0.329 e. The number of amides is 3. The van der Waals surface area contributed by atoms with E-state index in [0.29, 0.717) is 32.5 Å². The van der Waals surface area contributed by atoms with Gasteiger partial charge in [0.1, 0.15) is 5.54 Å². The minimum absolute atomic E-state index is 0.0762. The molecule has 1 aliphatic carbocycles. The van der Waals surface area contributed by atoms with Gasteiger partial charge in [-0.05, 0) is 12.8 Å². The first kappa shape index (κ1) is 15.6. The fourth-order valence-electron chi connectivity index (χ4n) is 2.98. The summed E-state index contributed by atoms with van der Waals surface area (Å²) < 4.78 is 0. The summed E-state index contributed by atoms with van der Waals surface area (Å²) in [6.07, 6.45) is 4.84. The van der Waals surface area contributed by atoms with E-state index in [4.69, 9.17) is 0 Å². The third-order valence-corrected chi connectivity index (χ3v) is 4.31. The van der Waals surface area contributed by atoms with Crippen LogP contribution in [0.5, 0.6) is 0 Å². The van der Waals surface area contributed by atoms with Crippen LogP contribution in [0.25, 0.3) is 0 Å². The number of rotatable bonds is 2. The van der Waals surface area contributed by atoms with Crippen LogP contribution in [-0.4, -0.2) is 53.1 Å². The van der Waals surface area contributed by atoms with E-state index in [1.807, 2.05) is 0 Å². The SMILES string of the molecule is O=C1CCN(C(=O)NC2(C(=O)O)CCCCCC2)CCN1. The van der Waals surface area contributed by atoms with Gasteiger partial charge in [0.25, 0.3) is 0 Å². The van der Waals surface area contributed by atoms with Gasteiger partial charge >= 0.3 is 12.0 Å². The third kappa shape index (κ3) is 3.86. The number of carbonyl (C=O) groups excluding carboxylic acids is 2. The van der Waals surface area contributed by atoms with Crippen LogP contribution in [0.3, 0.4) is 0 Å². The van der Waals surface area contributed by atoms with Gasteiger partial charge < -0.3 is 20.6 Å². The number of carboxylic acids is 1. The Bertz CT molecular complexity index is 416. The van der Waals surface area contributed by atoms with Crippen molar-refractivity contribution in [3.05, 3.63) is 0 Å². The first-order chi connectivity index (χ1) is 10.0. The molecule has 7 nitrogen and oxygen atoms in total. The lowest BCUT2D eigenvalue weighted by atomic mass is 9.90. The second-order valence-electron chi connectivity index (χ2n) is 5.82. The van der Waals surface area contributed by atoms with Gasteiger partial charge in [-0.1, -0.05) is 25.7 Å². The fourth-order valence-corrected chi connectivity index (χ4v) is 2.98. The van der Waals surface area contributed by atoms with Crippen molar-refractivity contribution in [3.8, 4) is 0 Å². The molecule has 0 bridgehead atoms. The van der Waals surface area contributed by atoms with E-state index in [2.05, 4.69) is 10.6 Å². The van der Waals surface area contributed by atoms with E-state index >= 15 is 0 Å². The van der Waals surface area contributed by atoms with Crippen molar-refractivity contribution in [2.24, 2.45) is 0 Å². The highest BCUT2D eigenvalue weighted by Gasteiger charge is 2.41. The molecule has 3 amide bonds. The number of aliphatic carboxylic acids is 1. The maximum atomic E-state index is 12.4. The van der Waals surface area contributed by atoms with Gasteiger partial charge in [-0.3, -0.25) is 4.79 Å². The predicted molar refractivity (Wildman–Crippen MR) is 75.8 cm³/mol. The van der Waals surface area contributed by atoms with Crippen molar-refractivity contribution in [2.45, 2.75) is 50.5 Å². The van der Waals surface area contributed by atoms with Crippen LogP contribution in [0.4, 0.5) is 4.79 Å². The van der Waals surface area contributed by atoms with Gasteiger partial charge in [-0.2, -0.15) is 0 Å². The first-order valence-corrected chi connectivity index (χ1v) is 7.61. The van der Waals surface area contributed by atoms with Crippen LogP contribution in [0.1, 0.15) is 44.9 Å². The number of nitrogens with one attached hydrogen (secondary N) is 2. The molecule has 118 valence electrons. The summed E-state index contributed by atoms with van der Waals surface area (Å²) in [4.78, 5) is 36.8. The van der Waals surface area contributed by atoms with E-state index in [0.717, 1.165) is 25.7 Å². The molecule has 0 atom stereocenters. The molecule has 1 heterocycles. The van der Waals surface area contributed by atoms with Crippen molar-refractivity contribution in [2.75, 3.05) is 19.6 Å². The molecule has 2 aliphatic rings. The van der Waals surface area contributed by atoms with Gasteiger partial charge in [-0.15, -0.1) is 0 Å². The minimum atomic E-state index is -1.16. The van der Waals surface area contributed by atoms with E-state index < -0.39 is 11.5 Å². The van der Waals surface area contributed by atoms with E-state index in [1.54, 1.807) is 0 Å². The van der Waals surface area contributed by atoms with E-state index in [9.17, 15) is 19.5 Å². The van der Waals surface area contributed by atoms with Crippen molar-refractivity contribution in [1.29, 1.82) is 0 Å². The Morgan fingerprint density at radius 1 is 1.14 bits per heavy atom. The second kappa shape index (κ2) is 6.78. The van der Waals surface area contributed by atoms with Crippen molar-refractivity contribution >= 4 is 17.9 Å². The monoisotopic (exact) mass is 297 g/mol. The highest BCUT2D eigenvalue weighted by atomic mass is 16.4. The molecule has 2 rings (SSSR count). The maximum Gasteiger partial charge on any atom is 0.329 e. The molecule has 0 aromatic carbocycles. The molecule has 3 N–H and O–H groups in total. The summed E-state index contributed by atoms with van der Waals surface area (Å²) >= 11 is 0. The lowest BCUT2D eigenvalue weighted by Gasteiger charge is -2.32. The average Bonchev–Trinajstić information content (AvgIpc) is 2.80. The minimum Gasteiger partial charge on any atom is -0.480 e. The fraction of sp³-hybridized carbons (Fsp3) is 0.786. The Kier molecular flexibility index (Phi) is 5.03. The summed E-state index contributed by atoms with van der Waals surface area (Å²) in [6.45, 7) is 1.15. The Morgan fingerprint density at radius 2 is 1.81 bits per heavy atom. The van der Waals surface area contributed by atoms with Gasteiger partial charge in [0.05, 0.1) is 0 Å². The molecule has 0 aromatic rings. The zero-order chi connectivity index (χ0) is 15.3. The van der Waals surface area contributed by atoms with Crippen molar-refractivity contribution < 1.29 is 19.5 Å². The molecule has 1 saturated carbocycles. The summed E-state index contributed by atoms with van der Waals surface area (Å²) in [5.74, 6) is -1.03. The predicted octanol–water partition coefficient (Wildman–Crippen LogP) is 0.695. The number of hydrogen-bond acceptors (Lipinski definition) is 3. The molecule has 2 fully saturated rings. The van der Waals surface area contributed by atoms with Crippen LogP contribution >= 0.6 is 0 Å². The first-order valence-electron chi connectivity index (χ1n) is 7.61. The van der Waals surface area contributed by atoms with Crippen LogP contribution in [0, 0.1) is 0 Å². The Balaban J connectivity index is 2.03. The van der Waals surface area contributed by atoms with Crippen LogP contribution in [-0.2, 0) is 9.59 Å². The molecule has 0 unspecified atom stereocenters. The summed E-state index contributed by atoms with van der Waals surface area (Å²) in [5.41, 5.74) is -1.16. The summed E-state index contributed by atoms with van der Waals surface area (Å²) in [7, 11) is 0. The zero-order valence-electron chi connectivity index (χ0n) is 12.2. The Labute approximate surface area is 124 Å². The molecule has 0 spiro atoms. The van der Waals surface area contributed by atoms with Gasteiger partial charge in [0.2, 0.25) is 5.91 Å². The largest absolute Gasteiger partial charge is 0.480 e.